The fraction of sp³-hybridized carbons (Fsp3) is 0.533. The lowest BCUT2D eigenvalue weighted by molar-refractivity contribution is 0.0996. The van der Waals surface area contributed by atoms with Crippen LogP contribution in [0.3, 0.4) is 0 Å². The highest BCUT2D eigenvalue weighted by Crippen LogP contribution is 2.28. The van der Waals surface area contributed by atoms with Crippen LogP contribution in [0.5, 0.6) is 0 Å². The van der Waals surface area contributed by atoms with E-state index in [1.54, 1.807) is 6.07 Å². The maximum absolute atomic E-state index is 14.0. The molecule has 1 heterocycles. The van der Waals surface area contributed by atoms with E-state index in [4.69, 9.17) is 5.73 Å². The summed E-state index contributed by atoms with van der Waals surface area (Å²) >= 11 is 3.28. The number of hydrogen-bond donors (Lipinski definition) is 1. The van der Waals surface area contributed by atoms with Gasteiger partial charge < -0.3 is 10.6 Å². The third-order valence-electron chi connectivity index (χ3n) is 3.62. The molecular formula is C15H21BrFN3O. The summed E-state index contributed by atoms with van der Waals surface area (Å²) in [7, 11) is 0. The summed E-state index contributed by atoms with van der Waals surface area (Å²) in [5.74, 6) is -0.669. The number of anilines is 1. The Balaban J connectivity index is 2.18. The Morgan fingerprint density at radius 3 is 2.48 bits per heavy atom. The third-order valence-corrected chi connectivity index (χ3v) is 4.07. The van der Waals surface area contributed by atoms with Gasteiger partial charge in [0.1, 0.15) is 5.82 Å². The Morgan fingerprint density at radius 2 is 1.95 bits per heavy atom. The summed E-state index contributed by atoms with van der Waals surface area (Å²) in [5, 5.41) is 0. The molecule has 1 amide bonds. The van der Waals surface area contributed by atoms with E-state index in [1.807, 2.05) is 4.90 Å². The van der Waals surface area contributed by atoms with Crippen LogP contribution in [0.4, 0.5) is 10.1 Å². The van der Waals surface area contributed by atoms with Crippen LogP contribution >= 0.6 is 15.9 Å². The highest BCUT2D eigenvalue weighted by atomic mass is 79.9. The van der Waals surface area contributed by atoms with E-state index in [-0.39, 0.29) is 5.56 Å². The summed E-state index contributed by atoms with van der Waals surface area (Å²) in [4.78, 5) is 16.0. The van der Waals surface area contributed by atoms with Crippen LogP contribution in [0.1, 0.15) is 24.2 Å². The second-order valence-corrected chi connectivity index (χ2v) is 6.74. The fourth-order valence-corrected chi connectivity index (χ4v) is 3.16. The number of piperazine rings is 1. The first-order valence-electron chi connectivity index (χ1n) is 7.14. The predicted molar refractivity (Wildman–Crippen MR) is 86.1 cm³/mol. The summed E-state index contributed by atoms with van der Waals surface area (Å²) in [5.41, 5.74) is 5.90. The Bertz CT molecular complexity index is 528. The van der Waals surface area contributed by atoms with Crippen LogP contribution in [0.2, 0.25) is 0 Å². The zero-order valence-corrected chi connectivity index (χ0v) is 14.0. The van der Waals surface area contributed by atoms with Crippen molar-refractivity contribution in [2.24, 2.45) is 11.7 Å². The molecule has 4 nitrogen and oxygen atoms in total. The van der Waals surface area contributed by atoms with E-state index in [0.717, 1.165) is 32.7 Å². The van der Waals surface area contributed by atoms with Crippen molar-refractivity contribution < 1.29 is 9.18 Å². The van der Waals surface area contributed by atoms with E-state index in [1.165, 1.54) is 6.07 Å². The Kier molecular flexibility index (Phi) is 5.22. The Labute approximate surface area is 133 Å². The molecule has 0 radical (unpaired) electrons. The normalized spacial score (nSPS) is 16.5. The first-order valence-corrected chi connectivity index (χ1v) is 7.94. The lowest BCUT2D eigenvalue weighted by Gasteiger charge is -2.37. The van der Waals surface area contributed by atoms with Gasteiger partial charge in [0, 0.05) is 37.2 Å². The van der Waals surface area contributed by atoms with Crippen molar-refractivity contribution in [3.8, 4) is 0 Å². The predicted octanol–water partition coefficient (Wildman–Crippen LogP) is 2.47. The third kappa shape index (κ3) is 3.95. The quantitative estimate of drug-likeness (QED) is 0.900. The molecule has 2 rings (SSSR count). The molecular weight excluding hydrogens is 337 g/mol. The van der Waals surface area contributed by atoms with Crippen molar-refractivity contribution in [1.29, 1.82) is 0 Å². The highest BCUT2D eigenvalue weighted by Gasteiger charge is 2.24. The smallest absolute Gasteiger partial charge is 0.253 e. The van der Waals surface area contributed by atoms with Gasteiger partial charge in [-0.2, -0.15) is 0 Å². The number of hydrogen-bond acceptors (Lipinski definition) is 3. The largest absolute Gasteiger partial charge is 0.368 e. The number of carbonyl (C=O) groups excluding carboxylic acids is 1. The van der Waals surface area contributed by atoms with Gasteiger partial charge in [-0.05, 0) is 18.1 Å². The van der Waals surface area contributed by atoms with Crippen LogP contribution < -0.4 is 10.6 Å². The second-order valence-electron chi connectivity index (χ2n) is 5.83. The number of nitrogens with two attached hydrogens (primary N) is 1. The zero-order chi connectivity index (χ0) is 15.6. The van der Waals surface area contributed by atoms with E-state index < -0.39 is 11.7 Å². The number of nitrogens with zero attached hydrogens (tertiary/aromatic N) is 2. The molecule has 0 spiro atoms. The van der Waals surface area contributed by atoms with Gasteiger partial charge in [0.25, 0.3) is 5.91 Å². The molecule has 1 aliphatic rings. The number of carbonyl (C=O) groups is 1. The molecule has 0 saturated carbocycles. The SMILES string of the molecule is CC(C)CN1CCN(c2cc(Br)cc(F)c2C(N)=O)CC1. The number of benzene rings is 1. The van der Waals surface area contributed by atoms with Gasteiger partial charge in [0.2, 0.25) is 0 Å². The van der Waals surface area contributed by atoms with Crippen LogP contribution in [0.25, 0.3) is 0 Å². The molecule has 21 heavy (non-hydrogen) atoms. The molecule has 2 N–H and O–H groups in total. The van der Waals surface area contributed by atoms with Gasteiger partial charge in [0.05, 0.1) is 11.3 Å². The van der Waals surface area contributed by atoms with Gasteiger partial charge in [-0.1, -0.05) is 29.8 Å². The summed E-state index contributed by atoms with van der Waals surface area (Å²) in [6.45, 7) is 8.80. The van der Waals surface area contributed by atoms with Gasteiger partial charge in [0.15, 0.2) is 0 Å². The highest BCUT2D eigenvalue weighted by molar-refractivity contribution is 9.10. The summed E-state index contributed by atoms with van der Waals surface area (Å²) in [6, 6.07) is 3.04. The lowest BCUT2D eigenvalue weighted by Crippen LogP contribution is -2.48. The molecule has 0 atom stereocenters. The Hall–Kier alpha value is -1.14. The van der Waals surface area contributed by atoms with Crippen LogP contribution in [-0.2, 0) is 0 Å². The average molecular weight is 358 g/mol. The van der Waals surface area contributed by atoms with E-state index in [9.17, 15) is 9.18 Å². The summed E-state index contributed by atoms with van der Waals surface area (Å²) < 4.78 is 14.6. The minimum absolute atomic E-state index is 0.0180. The van der Waals surface area contributed by atoms with Gasteiger partial charge in [-0.15, -0.1) is 0 Å². The van der Waals surface area contributed by atoms with E-state index >= 15 is 0 Å². The van der Waals surface area contributed by atoms with Gasteiger partial charge >= 0.3 is 0 Å². The topological polar surface area (TPSA) is 49.6 Å². The van der Waals surface area contributed by atoms with Crippen molar-refractivity contribution in [1.82, 2.24) is 4.90 Å². The minimum atomic E-state index is -0.723. The van der Waals surface area contributed by atoms with Gasteiger partial charge in [-0.3, -0.25) is 9.69 Å². The number of halogens is 2. The van der Waals surface area contributed by atoms with E-state index in [0.29, 0.717) is 16.1 Å². The monoisotopic (exact) mass is 357 g/mol. The number of rotatable bonds is 4. The van der Waals surface area contributed by atoms with E-state index in [2.05, 4.69) is 34.7 Å². The standard InChI is InChI=1S/C15H21BrFN3O/c1-10(2)9-19-3-5-20(6-4-19)13-8-11(16)7-12(17)14(13)15(18)21/h7-8,10H,3-6,9H2,1-2H3,(H2,18,21). The fourth-order valence-electron chi connectivity index (χ4n) is 2.74. The van der Waals surface area contributed by atoms with Gasteiger partial charge in [-0.25, -0.2) is 4.39 Å². The molecule has 0 unspecified atom stereocenters. The van der Waals surface area contributed by atoms with Crippen molar-refractivity contribution in [2.75, 3.05) is 37.6 Å². The molecule has 1 aliphatic heterocycles. The second kappa shape index (κ2) is 6.75. The number of primary amides is 1. The number of amides is 1. The van der Waals surface area contributed by atoms with Crippen molar-refractivity contribution in [3.63, 3.8) is 0 Å². The molecule has 1 fully saturated rings. The van der Waals surface area contributed by atoms with Crippen LogP contribution in [0.15, 0.2) is 16.6 Å². The molecule has 0 bridgehead atoms. The minimum Gasteiger partial charge on any atom is -0.368 e. The molecule has 1 aromatic rings. The molecule has 116 valence electrons. The van der Waals surface area contributed by atoms with Crippen LogP contribution in [0, 0.1) is 11.7 Å². The average Bonchev–Trinajstić information content (AvgIpc) is 2.37. The maximum Gasteiger partial charge on any atom is 0.253 e. The first kappa shape index (κ1) is 16.2. The van der Waals surface area contributed by atoms with Crippen molar-refractivity contribution in [2.45, 2.75) is 13.8 Å². The molecule has 1 aromatic carbocycles. The molecule has 1 saturated heterocycles. The lowest BCUT2D eigenvalue weighted by atomic mass is 10.1. The Morgan fingerprint density at radius 1 is 1.33 bits per heavy atom. The van der Waals surface area contributed by atoms with Crippen LogP contribution in [-0.4, -0.2) is 43.5 Å². The van der Waals surface area contributed by atoms with Crippen molar-refractivity contribution >= 4 is 27.5 Å². The first-order chi connectivity index (χ1) is 9.88. The molecule has 0 aliphatic carbocycles. The molecule has 0 aromatic heterocycles. The maximum atomic E-state index is 14.0. The van der Waals surface area contributed by atoms with Crippen molar-refractivity contribution in [3.05, 3.63) is 28.0 Å². The molecule has 6 heteroatoms. The zero-order valence-electron chi connectivity index (χ0n) is 12.4. The summed E-state index contributed by atoms with van der Waals surface area (Å²) in [6.07, 6.45) is 0.